The molecule has 0 saturated carbocycles. The predicted octanol–water partition coefficient (Wildman–Crippen LogP) is 3.75. The molecule has 1 unspecified atom stereocenters. The van der Waals surface area contributed by atoms with Gasteiger partial charge in [-0.3, -0.25) is 0 Å². The second kappa shape index (κ2) is 3.72. The van der Waals surface area contributed by atoms with Crippen molar-refractivity contribution in [2.45, 2.75) is 39.0 Å². The first-order valence-corrected chi connectivity index (χ1v) is 6.20. The van der Waals surface area contributed by atoms with E-state index in [4.69, 9.17) is 0 Å². The number of benzene rings is 1. The molecule has 0 heterocycles. The first kappa shape index (κ1) is 10.3. The van der Waals surface area contributed by atoms with Crippen molar-refractivity contribution in [2.75, 3.05) is 0 Å². The number of aromatic hydroxyl groups is 1. The maximum atomic E-state index is 9.87. The number of hydrogen-bond donors (Lipinski definition) is 1. The van der Waals surface area contributed by atoms with Gasteiger partial charge in [-0.15, -0.1) is 0 Å². The monoisotopic (exact) mass is 302 g/mol. The summed E-state index contributed by atoms with van der Waals surface area (Å²) < 4.78 is 0.993. The number of fused-ring (bicyclic) bond motifs is 1. The third-order valence-electron chi connectivity index (χ3n) is 3.21. The molecule has 1 atom stereocenters. The Morgan fingerprint density at radius 3 is 2.93 bits per heavy atom. The van der Waals surface area contributed by atoms with Gasteiger partial charge in [0.15, 0.2) is 0 Å². The lowest BCUT2D eigenvalue weighted by atomic mass is 9.81. The SMILES string of the molecule is Cc1c(O)c(I)cc2c1C(C)CCC2. The summed E-state index contributed by atoms with van der Waals surface area (Å²) in [4.78, 5) is 0. The Morgan fingerprint density at radius 1 is 1.50 bits per heavy atom. The molecule has 1 nitrogen and oxygen atoms in total. The molecule has 1 aromatic rings. The Bertz CT molecular complexity index is 371. The number of phenols is 1. The fraction of sp³-hybridized carbons (Fsp3) is 0.500. The van der Waals surface area contributed by atoms with Gasteiger partial charge in [0.2, 0.25) is 0 Å². The van der Waals surface area contributed by atoms with Gasteiger partial charge in [0.1, 0.15) is 5.75 Å². The zero-order valence-electron chi connectivity index (χ0n) is 8.60. The van der Waals surface area contributed by atoms with Crippen LogP contribution in [0.4, 0.5) is 0 Å². The fourth-order valence-corrected chi connectivity index (χ4v) is 3.26. The normalized spacial score (nSPS) is 20.6. The van der Waals surface area contributed by atoms with Crippen LogP contribution >= 0.6 is 22.6 Å². The van der Waals surface area contributed by atoms with Crippen LogP contribution in [0.3, 0.4) is 0 Å². The summed E-state index contributed by atoms with van der Waals surface area (Å²) in [5.41, 5.74) is 3.94. The van der Waals surface area contributed by atoms with Crippen molar-refractivity contribution in [2.24, 2.45) is 0 Å². The minimum Gasteiger partial charge on any atom is -0.507 e. The minimum atomic E-state index is 0.484. The van der Waals surface area contributed by atoms with Crippen LogP contribution in [0.5, 0.6) is 5.75 Å². The minimum absolute atomic E-state index is 0.484. The molecule has 0 spiro atoms. The molecule has 0 radical (unpaired) electrons. The molecule has 1 aliphatic carbocycles. The number of rotatable bonds is 0. The van der Waals surface area contributed by atoms with Crippen molar-refractivity contribution in [3.63, 3.8) is 0 Å². The molecule has 0 bridgehead atoms. The van der Waals surface area contributed by atoms with Crippen LogP contribution < -0.4 is 0 Å². The molecule has 0 amide bonds. The molecule has 0 aromatic heterocycles. The highest BCUT2D eigenvalue weighted by atomic mass is 127. The zero-order valence-corrected chi connectivity index (χ0v) is 10.8. The Balaban J connectivity index is 2.64. The summed E-state index contributed by atoms with van der Waals surface area (Å²) in [5, 5.41) is 9.87. The van der Waals surface area contributed by atoms with Crippen LogP contribution in [0.1, 0.15) is 42.4 Å². The van der Waals surface area contributed by atoms with Gasteiger partial charge in [0.05, 0.1) is 3.57 Å². The molecule has 0 saturated heterocycles. The lowest BCUT2D eigenvalue weighted by Crippen LogP contribution is -2.09. The molecule has 1 aliphatic rings. The van der Waals surface area contributed by atoms with Crippen molar-refractivity contribution in [3.8, 4) is 5.75 Å². The number of halogens is 1. The quantitative estimate of drug-likeness (QED) is 0.724. The highest BCUT2D eigenvalue weighted by Gasteiger charge is 2.21. The van der Waals surface area contributed by atoms with Crippen LogP contribution in [0.2, 0.25) is 0 Å². The van der Waals surface area contributed by atoms with Crippen molar-refractivity contribution in [1.82, 2.24) is 0 Å². The molecule has 1 N–H and O–H groups in total. The van der Waals surface area contributed by atoms with Crippen LogP contribution in [0, 0.1) is 10.5 Å². The number of hydrogen-bond acceptors (Lipinski definition) is 1. The molecule has 76 valence electrons. The topological polar surface area (TPSA) is 20.2 Å². The van der Waals surface area contributed by atoms with Gasteiger partial charge in [0.25, 0.3) is 0 Å². The van der Waals surface area contributed by atoms with E-state index < -0.39 is 0 Å². The molecule has 0 aliphatic heterocycles. The van der Waals surface area contributed by atoms with Gasteiger partial charge in [-0.05, 0) is 77.5 Å². The van der Waals surface area contributed by atoms with E-state index in [0.717, 1.165) is 9.13 Å². The van der Waals surface area contributed by atoms with E-state index >= 15 is 0 Å². The van der Waals surface area contributed by atoms with E-state index in [1.165, 1.54) is 30.4 Å². The lowest BCUT2D eigenvalue weighted by Gasteiger charge is -2.25. The molecule has 14 heavy (non-hydrogen) atoms. The van der Waals surface area contributed by atoms with Gasteiger partial charge in [0, 0.05) is 0 Å². The van der Waals surface area contributed by atoms with Crippen molar-refractivity contribution >= 4 is 22.6 Å². The van der Waals surface area contributed by atoms with Gasteiger partial charge in [-0.2, -0.15) is 0 Å². The maximum Gasteiger partial charge on any atom is 0.132 e. The smallest absolute Gasteiger partial charge is 0.132 e. The Labute approximate surface area is 98.7 Å². The first-order chi connectivity index (χ1) is 6.61. The highest BCUT2D eigenvalue weighted by Crippen LogP contribution is 2.39. The third-order valence-corrected chi connectivity index (χ3v) is 4.03. The molecule has 2 rings (SSSR count). The summed E-state index contributed by atoms with van der Waals surface area (Å²) in [7, 11) is 0. The van der Waals surface area contributed by atoms with E-state index in [1.807, 2.05) is 6.92 Å². The molecule has 1 aromatic carbocycles. The number of phenolic OH excluding ortho intramolecular Hbond substituents is 1. The van der Waals surface area contributed by atoms with Crippen LogP contribution in [-0.2, 0) is 6.42 Å². The van der Waals surface area contributed by atoms with Gasteiger partial charge < -0.3 is 5.11 Å². The van der Waals surface area contributed by atoms with Gasteiger partial charge >= 0.3 is 0 Å². The maximum absolute atomic E-state index is 9.87. The number of aryl methyl sites for hydroxylation is 1. The van der Waals surface area contributed by atoms with Crippen LogP contribution in [-0.4, -0.2) is 5.11 Å². The average molecular weight is 302 g/mol. The molecule has 2 heteroatoms. The highest BCUT2D eigenvalue weighted by molar-refractivity contribution is 14.1. The standard InChI is InChI=1S/C12H15IO/c1-7-4-3-5-9-6-10(13)12(14)8(2)11(7)9/h6-7,14H,3-5H2,1-2H3. The van der Waals surface area contributed by atoms with E-state index in [0.29, 0.717) is 11.7 Å². The molecular formula is C12H15IO. The van der Waals surface area contributed by atoms with Gasteiger partial charge in [-0.1, -0.05) is 6.92 Å². The zero-order chi connectivity index (χ0) is 10.3. The van der Waals surface area contributed by atoms with Crippen LogP contribution in [0.25, 0.3) is 0 Å². The van der Waals surface area contributed by atoms with E-state index in [2.05, 4.69) is 35.6 Å². The van der Waals surface area contributed by atoms with Crippen LogP contribution in [0.15, 0.2) is 6.07 Å². The second-order valence-electron chi connectivity index (χ2n) is 4.20. The third kappa shape index (κ3) is 1.53. The van der Waals surface area contributed by atoms with Crippen molar-refractivity contribution in [3.05, 3.63) is 26.3 Å². The van der Waals surface area contributed by atoms with Gasteiger partial charge in [-0.25, -0.2) is 0 Å². The van der Waals surface area contributed by atoms with Crippen molar-refractivity contribution < 1.29 is 5.11 Å². The summed E-state index contributed by atoms with van der Waals surface area (Å²) in [6, 6.07) is 2.15. The summed E-state index contributed by atoms with van der Waals surface area (Å²) in [6.45, 7) is 4.30. The average Bonchev–Trinajstić information content (AvgIpc) is 2.14. The Kier molecular flexibility index (Phi) is 2.73. The van der Waals surface area contributed by atoms with E-state index in [-0.39, 0.29) is 0 Å². The molecule has 0 fully saturated rings. The predicted molar refractivity (Wildman–Crippen MR) is 66.9 cm³/mol. The first-order valence-electron chi connectivity index (χ1n) is 5.12. The molecular weight excluding hydrogens is 287 g/mol. The summed E-state index contributed by atoms with van der Waals surface area (Å²) >= 11 is 2.21. The lowest BCUT2D eigenvalue weighted by molar-refractivity contribution is 0.462. The summed E-state index contributed by atoms with van der Waals surface area (Å²) in [5.74, 6) is 1.10. The summed E-state index contributed by atoms with van der Waals surface area (Å²) in [6.07, 6.45) is 3.72. The second-order valence-corrected chi connectivity index (χ2v) is 5.36. The fourth-order valence-electron chi connectivity index (χ4n) is 2.48. The Hall–Kier alpha value is -0.250. The Morgan fingerprint density at radius 2 is 2.21 bits per heavy atom. The van der Waals surface area contributed by atoms with E-state index in [9.17, 15) is 5.11 Å². The van der Waals surface area contributed by atoms with Crippen molar-refractivity contribution in [1.29, 1.82) is 0 Å². The van der Waals surface area contributed by atoms with E-state index in [1.54, 1.807) is 0 Å². The largest absolute Gasteiger partial charge is 0.507 e.